The molecule has 0 aliphatic heterocycles. The quantitative estimate of drug-likeness (QED) is 0.440. The van der Waals surface area contributed by atoms with Gasteiger partial charge < -0.3 is 4.42 Å². The van der Waals surface area contributed by atoms with Gasteiger partial charge in [0, 0.05) is 10.4 Å². The maximum atomic E-state index is 12.9. The van der Waals surface area contributed by atoms with E-state index < -0.39 is 0 Å². The molecule has 1 aliphatic carbocycles. The van der Waals surface area contributed by atoms with Gasteiger partial charge >= 0.3 is 0 Å². The van der Waals surface area contributed by atoms with Crippen molar-refractivity contribution < 1.29 is 4.42 Å². The molecule has 1 aromatic carbocycles. The van der Waals surface area contributed by atoms with Gasteiger partial charge in [-0.3, -0.25) is 4.79 Å². The molecule has 3 heterocycles. The van der Waals surface area contributed by atoms with Gasteiger partial charge in [0.05, 0.1) is 16.6 Å². The van der Waals surface area contributed by atoms with Crippen LogP contribution in [-0.2, 0) is 12.8 Å². The highest BCUT2D eigenvalue weighted by Crippen LogP contribution is 2.33. The van der Waals surface area contributed by atoms with Crippen LogP contribution in [-0.4, -0.2) is 15.9 Å². The Balaban J connectivity index is 1.49. The van der Waals surface area contributed by atoms with E-state index in [0.717, 1.165) is 40.6 Å². The Bertz CT molecular complexity index is 1270. The minimum atomic E-state index is -0.126. The zero-order valence-corrected chi connectivity index (χ0v) is 16.5. The zero-order valence-electron chi connectivity index (χ0n) is 14.9. The van der Waals surface area contributed by atoms with Crippen molar-refractivity contribution in [1.82, 2.24) is 9.66 Å². The maximum Gasteiger partial charge on any atom is 0.282 e. The van der Waals surface area contributed by atoms with Gasteiger partial charge in [0.15, 0.2) is 0 Å². The molecule has 0 amide bonds. The summed E-state index contributed by atoms with van der Waals surface area (Å²) in [5.74, 6) is 1.19. The second-order valence-electron chi connectivity index (χ2n) is 6.71. The van der Waals surface area contributed by atoms with E-state index in [0.29, 0.717) is 16.5 Å². The van der Waals surface area contributed by atoms with Crippen LogP contribution in [0.25, 0.3) is 21.5 Å². The van der Waals surface area contributed by atoms with Gasteiger partial charge in [-0.1, -0.05) is 23.7 Å². The van der Waals surface area contributed by atoms with Gasteiger partial charge in [0.1, 0.15) is 22.7 Å². The molecule has 0 saturated heterocycles. The fourth-order valence-corrected chi connectivity index (χ4v) is 5.01. The second kappa shape index (κ2) is 7.04. The molecule has 0 saturated carbocycles. The Labute approximate surface area is 169 Å². The summed E-state index contributed by atoms with van der Waals surface area (Å²) in [6, 6.07) is 11.1. The Morgan fingerprint density at radius 3 is 2.93 bits per heavy atom. The number of hydrogen-bond acceptors (Lipinski definition) is 5. The van der Waals surface area contributed by atoms with Crippen LogP contribution in [0, 0.1) is 0 Å². The third-order valence-electron chi connectivity index (χ3n) is 4.93. The summed E-state index contributed by atoms with van der Waals surface area (Å²) in [5.41, 5.74) is 1.85. The molecular weight excluding hydrogens is 394 g/mol. The first-order valence-corrected chi connectivity index (χ1v) is 10.3. The summed E-state index contributed by atoms with van der Waals surface area (Å²) in [6.07, 6.45) is 7.27. The van der Waals surface area contributed by atoms with Gasteiger partial charge in [-0.05, 0) is 55.5 Å². The molecule has 5 rings (SSSR count). The molecular formula is C21H16ClN3O2S. The molecule has 0 radical (unpaired) electrons. The summed E-state index contributed by atoms with van der Waals surface area (Å²) in [5, 5.41) is 5.62. The van der Waals surface area contributed by atoms with Crippen molar-refractivity contribution in [1.29, 1.82) is 0 Å². The number of benzene rings is 1. The van der Waals surface area contributed by atoms with Crippen LogP contribution in [0.5, 0.6) is 0 Å². The van der Waals surface area contributed by atoms with E-state index in [4.69, 9.17) is 16.0 Å². The molecule has 0 spiro atoms. The Morgan fingerprint density at radius 1 is 1.18 bits per heavy atom. The fourth-order valence-electron chi connectivity index (χ4n) is 3.57. The molecule has 0 fully saturated rings. The second-order valence-corrected chi connectivity index (χ2v) is 8.20. The molecule has 0 bridgehead atoms. The highest BCUT2D eigenvalue weighted by Gasteiger charge is 2.19. The van der Waals surface area contributed by atoms with Gasteiger partial charge in [-0.15, -0.1) is 11.3 Å². The van der Waals surface area contributed by atoms with E-state index in [1.807, 2.05) is 30.3 Å². The molecule has 4 aromatic rings. The minimum absolute atomic E-state index is 0.126. The summed E-state index contributed by atoms with van der Waals surface area (Å²) in [4.78, 5) is 19.5. The van der Waals surface area contributed by atoms with Crippen LogP contribution in [0.15, 0.2) is 57.0 Å². The Hall–Kier alpha value is -2.70. The van der Waals surface area contributed by atoms with Crippen molar-refractivity contribution in [3.05, 3.63) is 74.3 Å². The molecule has 140 valence electrons. The SMILES string of the molecule is O=c1c2c3c(sc2ncn1N=Cc1ccc(-c2ccccc2Cl)o1)CCCC3. The third kappa shape index (κ3) is 2.99. The van der Waals surface area contributed by atoms with E-state index in [1.54, 1.807) is 17.4 Å². The van der Waals surface area contributed by atoms with Crippen LogP contribution in [0.4, 0.5) is 0 Å². The number of hydrogen-bond donors (Lipinski definition) is 0. The van der Waals surface area contributed by atoms with Crippen molar-refractivity contribution in [2.45, 2.75) is 25.7 Å². The number of nitrogens with zero attached hydrogens (tertiary/aromatic N) is 3. The van der Waals surface area contributed by atoms with E-state index in [-0.39, 0.29) is 5.56 Å². The molecule has 1 aliphatic rings. The molecule has 0 unspecified atom stereocenters. The lowest BCUT2D eigenvalue weighted by atomic mass is 9.97. The minimum Gasteiger partial charge on any atom is -0.455 e. The number of aryl methyl sites for hydroxylation is 2. The molecule has 7 heteroatoms. The number of fused-ring (bicyclic) bond motifs is 3. The normalized spacial score (nSPS) is 14.0. The summed E-state index contributed by atoms with van der Waals surface area (Å²) in [7, 11) is 0. The fraction of sp³-hybridized carbons (Fsp3) is 0.190. The first-order valence-electron chi connectivity index (χ1n) is 9.12. The topological polar surface area (TPSA) is 60.4 Å². The number of halogens is 1. The van der Waals surface area contributed by atoms with Gasteiger partial charge in [0.2, 0.25) is 0 Å². The van der Waals surface area contributed by atoms with Crippen LogP contribution in [0.1, 0.15) is 29.0 Å². The third-order valence-corrected chi connectivity index (χ3v) is 6.46. The van der Waals surface area contributed by atoms with Crippen LogP contribution >= 0.6 is 22.9 Å². The summed E-state index contributed by atoms with van der Waals surface area (Å²) < 4.78 is 7.09. The van der Waals surface area contributed by atoms with Crippen molar-refractivity contribution in [2.24, 2.45) is 5.10 Å². The zero-order chi connectivity index (χ0) is 19.1. The molecule has 3 aromatic heterocycles. The Morgan fingerprint density at radius 2 is 2.04 bits per heavy atom. The van der Waals surface area contributed by atoms with Crippen molar-refractivity contribution in [3.8, 4) is 11.3 Å². The number of furan rings is 1. The van der Waals surface area contributed by atoms with Crippen LogP contribution in [0.2, 0.25) is 5.02 Å². The number of aromatic nitrogens is 2. The highest BCUT2D eigenvalue weighted by atomic mass is 35.5. The average molecular weight is 410 g/mol. The lowest BCUT2D eigenvalue weighted by Crippen LogP contribution is -2.17. The van der Waals surface area contributed by atoms with Gasteiger partial charge in [-0.25, -0.2) is 4.98 Å². The first kappa shape index (κ1) is 17.4. The van der Waals surface area contributed by atoms with Gasteiger partial charge in [-0.2, -0.15) is 9.78 Å². The predicted molar refractivity (Wildman–Crippen MR) is 113 cm³/mol. The monoisotopic (exact) mass is 409 g/mol. The van der Waals surface area contributed by atoms with Crippen molar-refractivity contribution >= 4 is 39.4 Å². The standard InChI is InChI=1S/C21H16ClN3O2S/c22-16-7-3-1-5-14(16)17-10-9-13(27-17)11-24-25-12-23-20-19(21(25)26)15-6-2-4-8-18(15)28-20/h1,3,5,7,9-12H,2,4,6,8H2. The maximum absolute atomic E-state index is 12.9. The largest absolute Gasteiger partial charge is 0.455 e. The highest BCUT2D eigenvalue weighted by molar-refractivity contribution is 7.18. The lowest BCUT2D eigenvalue weighted by Gasteiger charge is -2.09. The summed E-state index contributed by atoms with van der Waals surface area (Å²) in [6.45, 7) is 0. The number of rotatable bonds is 3. The van der Waals surface area contributed by atoms with E-state index in [2.05, 4.69) is 10.1 Å². The number of thiophene rings is 1. The van der Waals surface area contributed by atoms with E-state index in [1.165, 1.54) is 28.5 Å². The smallest absolute Gasteiger partial charge is 0.282 e. The molecule has 28 heavy (non-hydrogen) atoms. The predicted octanol–water partition coefficient (Wildman–Crippen LogP) is 5.13. The Kier molecular flexibility index (Phi) is 4.37. The van der Waals surface area contributed by atoms with Crippen molar-refractivity contribution in [2.75, 3.05) is 0 Å². The van der Waals surface area contributed by atoms with E-state index in [9.17, 15) is 4.79 Å². The van der Waals surface area contributed by atoms with Gasteiger partial charge in [0.25, 0.3) is 5.56 Å². The lowest BCUT2D eigenvalue weighted by molar-refractivity contribution is 0.574. The van der Waals surface area contributed by atoms with Crippen molar-refractivity contribution in [3.63, 3.8) is 0 Å². The van der Waals surface area contributed by atoms with Crippen LogP contribution in [0.3, 0.4) is 0 Å². The molecule has 0 atom stereocenters. The van der Waals surface area contributed by atoms with E-state index >= 15 is 0 Å². The molecule has 5 nitrogen and oxygen atoms in total. The average Bonchev–Trinajstić information content (AvgIpc) is 3.32. The molecule has 0 N–H and O–H groups in total. The first-order chi connectivity index (χ1) is 13.7. The summed E-state index contributed by atoms with van der Waals surface area (Å²) >= 11 is 7.85. The van der Waals surface area contributed by atoms with Crippen LogP contribution < -0.4 is 5.56 Å².